The number of carbonyl (C=O) groups excluding carboxylic acids is 1. The summed E-state index contributed by atoms with van der Waals surface area (Å²) in [5.41, 5.74) is 10.4. The van der Waals surface area contributed by atoms with Gasteiger partial charge in [0.05, 0.1) is 35.4 Å². The molecule has 0 aliphatic carbocycles. The Hall–Kier alpha value is -3.98. The predicted molar refractivity (Wildman–Crippen MR) is 97.1 cm³/mol. The van der Waals surface area contributed by atoms with Crippen molar-refractivity contribution in [1.29, 1.82) is 5.26 Å². The van der Waals surface area contributed by atoms with Gasteiger partial charge >= 0.3 is 0 Å². The molecule has 4 aromatic rings. The van der Waals surface area contributed by atoms with Crippen molar-refractivity contribution in [2.75, 3.05) is 0 Å². The van der Waals surface area contributed by atoms with Crippen molar-refractivity contribution in [1.82, 2.24) is 14.4 Å². The molecule has 0 radical (unpaired) electrons. The van der Waals surface area contributed by atoms with Crippen molar-refractivity contribution in [3.05, 3.63) is 78.2 Å². The standard InChI is InChI=1S/C20H13N5O/c21-9-13-4-6-14(7-5-13)18-10-24-19-11-23-17(12-25(18)19)15-2-1-3-16(8-15)20(22)26/h1-8,10-12H,(H2,22,26). The summed E-state index contributed by atoms with van der Waals surface area (Å²) in [5, 5.41) is 8.95. The first-order chi connectivity index (χ1) is 12.7. The second-order valence-corrected chi connectivity index (χ2v) is 5.78. The summed E-state index contributed by atoms with van der Waals surface area (Å²) >= 11 is 0. The molecule has 0 unspecified atom stereocenters. The minimum Gasteiger partial charge on any atom is -0.366 e. The highest BCUT2D eigenvalue weighted by atomic mass is 16.1. The Balaban J connectivity index is 1.83. The fraction of sp³-hybridized carbons (Fsp3) is 0. The van der Waals surface area contributed by atoms with Crippen molar-refractivity contribution in [2.45, 2.75) is 0 Å². The van der Waals surface area contributed by atoms with Crippen LogP contribution in [0.25, 0.3) is 28.2 Å². The van der Waals surface area contributed by atoms with Crippen molar-refractivity contribution >= 4 is 11.6 Å². The molecule has 0 spiro atoms. The van der Waals surface area contributed by atoms with Gasteiger partial charge in [-0.3, -0.25) is 14.2 Å². The van der Waals surface area contributed by atoms with E-state index in [0.717, 1.165) is 16.8 Å². The second-order valence-electron chi connectivity index (χ2n) is 5.78. The number of rotatable bonds is 3. The quantitative estimate of drug-likeness (QED) is 0.620. The Morgan fingerprint density at radius 1 is 1.04 bits per heavy atom. The van der Waals surface area contributed by atoms with Crippen molar-refractivity contribution in [3.8, 4) is 28.6 Å². The Kier molecular flexibility index (Phi) is 3.67. The number of primary amides is 1. The van der Waals surface area contributed by atoms with Crippen molar-refractivity contribution in [2.24, 2.45) is 5.73 Å². The molecule has 4 rings (SSSR count). The number of nitriles is 1. The molecule has 0 aliphatic heterocycles. The maximum Gasteiger partial charge on any atom is 0.248 e. The molecule has 0 bridgehead atoms. The minimum absolute atomic E-state index is 0.433. The van der Waals surface area contributed by atoms with E-state index in [0.29, 0.717) is 22.5 Å². The first-order valence-corrected chi connectivity index (χ1v) is 7.89. The summed E-state index contributed by atoms with van der Waals surface area (Å²) < 4.78 is 1.93. The number of hydrogen-bond acceptors (Lipinski definition) is 4. The van der Waals surface area contributed by atoms with Crippen LogP contribution in [0.15, 0.2) is 67.1 Å². The van der Waals surface area contributed by atoms with Crippen LogP contribution in [-0.2, 0) is 0 Å². The molecule has 0 saturated heterocycles. The molecule has 2 aromatic heterocycles. The van der Waals surface area contributed by atoms with Crippen molar-refractivity contribution in [3.63, 3.8) is 0 Å². The van der Waals surface area contributed by atoms with Gasteiger partial charge < -0.3 is 5.73 Å². The highest BCUT2D eigenvalue weighted by Gasteiger charge is 2.10. The maximum absolute atomic E-state index is 11.4. The number of nitrogens with zero attached hydrogens (tertiary/aromatic N) is 4. The monoisotopic (exact) mass is 339 g/mol. The third-order valence-corrected chi connectivity index (χ3v) is 4.15. The Morgan fingerprint density at radius 2 is 1.85 bits per heavy atom. The van der Waals surface area contributed by atoms with Crippen LogP contribution in [-0.4, -0.2) is 20.3 Å². The lowest BCUT2D eigenvalue weighted by Gasteiger charge is -2.06. The van der Waals surface area contributed by atoms with Crippen LogP contribution in [0.5, 0.6) is 0 Å². The zero-order chi connectivity index (χ0) is 18.1. The topological polar surface area (TPSA) is 97.1 Å². The lowest BCUT2D eigenvalue weighted by atomic mass is 10.1. The number of imidazole rings is 1. The summed E-state index contributed by atoms with van der Waals surface area (Å²) in [5.74, 6) is -0.478. The number of hydrogen-bond donors (Lipinski definition) is 1. The molecule has 0 aliphatic rings. The number of fused-ring (bicyclic) bond motifs is 1. The first kappa shape index (κ1) is 15.5. The Morgan fingerprint density at radius 3 is 2.58 bits per heavy atom. The van der Waals surface area contributed by atoms with Gasteiger partial charge in [-0.2, -0.15) is 5.26 Å². The highest BCUT2D eigenvalue weighted by Crippen LogP contribution is 2.24. The van der Waals surface area contributed by atoms with E-state index in [1.165, 1.54) is 0 Å². The lowest BCUT2D eigenvalue weighted by molar-refractivity contribution is 0.100. The Labute approximate surface area is 149 Å². The average molecular weight is 339 g/mol. The van der Waals surface area contributed by atoms with E-state index in [4.69, 9.17) is 11.0 Å². The molecule has 2 aromatic carbocycles. The molecule has 0 atom stereocenters. The molecule has 2 heterocycles. The fourth-order valence-electron chi connectivity index (χ4n) is 2.80. The minimum atomic E-state index is -0.478. The van der Waals surface area contributed by atoms with Gasteiger partial charge in [0, 0.05) is 22.9 Å². The molecule has 1 amide bonds. The summed E-state index contributed by atoms with van der Waals surface area (Å²) in [4.78, 5) is 20.2. The van der Waals surface area contributed by atoms with E-state index in [9.17, 15) is 4.79 Å². The lowest BCUT2D eigenvalue weighted by Crippen LogP contribution is -2.10. The van der Waals surface area contributed by atoms with E-state index in [2.05, 4.69) is 16.0 Å². The molecular formula is C20H13N5O. The third kappa shape index (κ3) is 2.68. The largest absolute Gasteiger partial charge is 0.366 e. The predicted octanol–water partition coefficient (Wildman–Crippen LogP) is 3.03. The zero-order valence-corrected chi connectivity index (χ0v) is 13.6. The number of benzene rings is 2. The van der Waals surface area contributed by atoms with Crippen LogP contribution >= 0.6 is 0 Å². The van der Waals surface area contributed by atoms with Gasteiger partial charge in [0.1, 0.15) is 0 Å². The molecule has 0 saturated carbocycles. The second kappa shape index (κ2) is 6.15. The van der Waals surface area contributed by atoms with E-state index in [1.54, 1.807) is 42.7 Å². The molecule has 6 heteroatoms. The van der Waals surface area contributed by atoms with Crippen LogP contribution in [0.2, 0.25) is 0 Å². The van der Waals surface area contributed by atoms with Gasteiger partial charge in [-0.1, -0.05) is 24.3 Å². The van der Waals surface area contributed by atoms with Gasteiger partial charge in [-0.25, -0.2) is 4.98 Å². The van der Waals surface area contributed by atoms with Crippen LogP contribution in [0.1, 0.15) is 15.9 Å². The van der Waals surface area contributed by atoms with Crippen LogP contribution in [0.4, 0.5) is 0 Å². The number of carbonyl (C=O) groups is 1. The van der Waals surface area contributed by atoms with Gasteiger partial charge in [0.15, 0.2) is 5.65 Å². The van der Waals surface area contributed by atoms with Gasteiger partial charge in [0.2, 0.25) is 5.91 Å². The smallest absolute Gasteiger partial charge is 0.248 e. The fourth-order valence-corrected chi connectivity index (χ4v) is 2.80. The zero-order valence-electron chi connectivity index (χ0n) is 13.6. The van der Waals surface area contributed by atoms with E-state index >= 15 is 0 Å². The normalized spacial score (nSPS) is 10.6. The molecule has 6 nitrogen and oxygen atoms in total. The molecular weight excluding hydrogens is 326 g/mol. The summed E-state index contributed by atoms with van der Waals surface area (Å²) in [6.45, 7) is 0. The summed E-state index contributed by atoms with van der Waals surface area (Å²) in [7, 11) is 0. The first-order valence-electron chi connectivity index (χ1n) is 7.89. The van der Waals surface area contributed by atoms with E-state index < -0.39 is 5.91 Å². The van der Waals surface area contributed by atoms with Crippen molar-refractivity contribution < 1.29 is 4.79 Å². The average Bonchev–Trinajstić information content (AvgIpc) is 3.11. The molecule has 26 heavy (non-hydrogen) atoms. The van der Waals surface area contributed by atoms with Gasteiger partial charge in [-0.15, -0.1) is 0 Å². The van der Waals surface area contributed by atoms with E-state index in [1.807, 2.05) is 28.8 Å². The highest BCUT2D eigenvalue weighted by molar-refractivity contribution is 5.94. The Bertz CT molecular complexity index is 1170. The van der Waals surface area contributed by atoms with Gasteiger partial charge in [0.25, 0.3) is 0 Å². The molecule has 124 valence electrons. The maximum atomic E-state index is 11.4. The number of amides is 1. The number of aromatic nitrogens is 3. The third-order valence-electron chi connectivity index (χ3n) is 4.15. The van der Waals surface area contributed by atoms with E-state index in [-0.39, 0.29) is 0 Å². The van der Waals surface area contributed by atoms with Gasteiger partial charge in [-0.05, 0) is 24.3 Å². The van der Waals surface area contributed by atoms with Crippen LogP contribution in [0, 0.1) is 11.3 Å². The SMILES string of the molecule is N#Cc1ccc(-c2cnc3cnc(-c4cccc(C(N)=O)c4)cn23)cc1. The number of nitrogens with two attached hydrogens (primary N) is 1. The van der Waals surface area contributed by atoms with Crippen LogP contribution < -0.4 is 5.73 Å². The van der Waals surface area contributed by atoms with Crippen LogP contribution in [0.3, 0.4) is 0 Å². The summed E-state index contributed by atoms with van der Waals surface area (Å²) in [6, 6.07) is 16.5. The molecule has 0 fully saturated rings. The molecule has 2 N–H and O–H groups in total. The summed E-state index contributed by atoms with van der Waals surface area (Å²) in [6.07, 6.45) is 5.32.